The molecule has 0 saturated carbocycles. The number of halogens is 3. The maximum absolute atomic E-state index is 6.20. The second-order valence-electron chi connectivity index (χ2n) is 3.41. The van der Waals surface area contributed by atoms with Gasteiger partial charge in [0.1, 0.15) is 0 Å². The average molecular weight is 327 g/mol. The van der Waals surface area contributed by atoms with Gasteiger partial charge >= 0.3 is 0 Å². The van der Waals surface area contributed by atoms with Crippen molar-refractivity contribution in [3.05, 3.63) is 41.6 Å². The number of rotatable bonds is 4. The highest BCUT2D eigenvalue weighted by Crippen LogP contribution is 2.39. The van der Waals surface area contributed by atoms with Crippen LogP contribution in [0.2, 0.25) is 13.0 Å². The van der Waals surface area contributed by atoms with Crippen LogP contribution in [0.4, 0.5) is 0 Å². The summed E-state index contributed by atoms with van der Waals surface area (Å²) in [6.07, 6.45) is 0. The van der Waals surface area contributed by atoms with E-state index in [1.54, 1.807) is 11.3 Å². The van der Waals surface area contributed by atoms with Crippen LogP contribution in [0, 0.1) is 0 Å². The summed E-state index contributed by atoms with van der Waals surface area (Å²) in [6, 6.07) is 5.89. The van der Waals surface area contributed by atoms with E-state index in [-0.39, 0.29) is 6.04 Å². The van der Waals surface area contributed by atoms with E-state index < -0.39 is 0 Å². The highest BCUT2D eigenvalue weighted by atomic mass is 35.5. The third-order valence-corrected chi connectivity index (χ3v) is 5.09. The van der Waals surface area contributed by atoms with Crippen molar-refractivity contribution in [1.29, 1.82) is 0 Å². The Kier molecular flexibility index (Phi) is 4.75. The van der Waals surface area contributed by atoms with E-state index in [1.165, 1.54) is 11.3 Å². The molecule has 0 aliphatic carbocycles. The van der Waals surface area contributed by atoms with Crippen LogP contribution in [0.5, 0.6) is 0 Å². The molecule has 0 saturated heterocycles. The summed E-state index contributed by atoms with van der Waals surface area (Å²) in [4.78, 5) is 1.15. The fourth-order valence-electron chi connectivity index (χ4n) is 1.60. The van der Waals surface area contributed by atoms with E-state index in [9.17, 15) is 0 Å². The predicted octanol–water partition coefficient (Wildman–Crippen LogP) is 5.47. The molecule has 2 heterocycles. The Morgan fingerprint density at radius 1 is 1.18 bits per heavy atom. The lowest BCUT2D eigenvalue weighted by Gasteiger charge is -2.15. The van der Waals surface area contributed by atoms with Crippen molar-refractivity contribution in [1.82, 2.24) is 5.32 Å². The molecule has 2 aromatic heterocycles. The smallest absolute Gasteiger partial charge is 0.0995 e. The zero-order chi connectivity index (χ0) is 12.4. The molecule has 1 N–H and O–H groups in total. The molecule has 0 amide bonds. The molecule has 0 fully saturated rings. The van der Waals surface area contributed by atoms with Gasteiger partial charge in [0.2, 0.25) is 0 Å². The Balaban J connectivity index is 2.38. The van der Waals surface area contributed by atoms with Gasteiger partial charge in [-0.3, -0.25) is 0 Å². The van der Waals surface area contributed by atoms with Crippen LogP contribution in [0.15, 0.2) is 18.2 Å². The minimum Gasteiger partial charge on any atom is -0.306 e. The van der Waals surface area contributed by atoms with Gasteiger partial charge in [-0.15, -0.1) is 22.7 Å². The molecule has 92 valence electrons. The van der Waals surface area contributed by atoms with Gasteiger partial charge in [-0.25, -0.2) is 0 Å². The van der Waals surface area contributed by atoms with Crippen LogP contribution >= 0.6 is 57.5 Å². The first kappa shape index (κ1) is 13.7. The second-order valence-corrected chi connectivity index (χ2v) is 7.44. The van der Waals surface area contributed by atoms with Crippen molar-refractivity contribution in [2.45, 2.75) is 13.0 Å². The van der Waals surface area contributed by atoms with Crippen LogP contribution in [0.25, 0.3) is 0 Å². The van der Waals surface area contributed by atoms with Crippen molar-refractivity contribution in [2.75, 3.05) is 6.54 Å². The average Bonchev–Trinajstić information content (AvgIpc) is 2.82. The third-order valence-electron chi connectivity index (χ3n) is 2.28. The van der Waals surface area contributed by atoms with Gasteiger partial charge in [0, 0.05) is 10.4 Å². The normalized spacial score (nSPS) is 12.9. The summed E-state index contributed by atoms with van der Waals surface area (Å²) < 4.78 is 2.21. The van der Waals surface area contributed by atoms with Gasteiger partial charge in [0.25, 0.3) is 0 Å². The molecule has 2 aromatic rings. The van der Waals surface area contributed by atoms with E-state index >= 15 is 0 Å². The van der Waals surface area contributed by atoms with Crippen molar-refractivity contribution in [3.8, 4) is 0 Å². The molecule has 1 unspecified atom stereocenters. The lowest BCUT2D eigenvalue weighted by Crippen LogP contribution is -2.20. The molecule has 0 radical (unpaired) electrons. The molecule has 2 rings (SSSR count). The van der Waals surface area contributed by atoms with Gasteiger partial charge in [-0.05, 0) is 24.7 Å². The summed E-state index contributed by atoms with van der Waals surface area (Å²) in [5.74, 6) is 0. The van der Waals surface area contributed by atoms with Gasteiger partial charge in [-0.2, -0.15) is 0 Å². The Hall–Kier alpha value is 0.230. The molecule has 0 spiro atoms. The Bertz CT molecular complexity index is 507. The van der Waals surface area contributed by atoms with Gasteiger partial charge in [-0.1, -0.05) is 41.7 Å². The quantitative estimate of drug-likeness (QED) is 0.785. The monoisotopic (exact) mass is 325 g/mol. The van der Waals surface area contributed by atoms with Crippen LogP contribution in [0.1, 0.15) is 23.4 Å². The minimum absolute atomic E-state index is 0.0637. The lowest BCUT2D eigenvalue weighted by molar-refractivity contribution is 0.641. The van der Waals surface area contributed by atoms with Crippen molar-refractivity contribution < 1.29 is 0 Å². The topological polar surface area (TPSA) is 12.0 Å². The van der Waals surface area contributed by atoms with E-state index in [4.69, 9.17) is 34.8 Å². The lowest BCUT2D eigenvalue weighted by atomic mass is 10.1. The molecule has 0 aromatic carbocycles. The van der Waals surface area contributed by atoms with Crippen LogP contribution < -0.4 is 5.32 Å². The van der Waals surface area contributed by atoms with Gasteiger partial charge in [0.05, 0.1) is 19.1 Å². The molecule has 0 aliphatic heterocycles. The SMILES string of the molecule is CCNC(c1ccc(Cl)s1)c1cc(Cl)sc1Cl. The zero-order valence-corrected chi connectivity index (χ0v) is 12.9. The maximum Gasteiger partial charge on any atom is 0.0995 e. The van der Waals surface area contributed by atoms with Crippen LogP contribution in [0.3, 0.4) is 0 Å². The van der Waals surface area contributed by atoms with Crippen molar-refractivity contribution >= 4 is 57.5 Å². The van der Waals surface area contributed by atoms with Gasteiger partial charge in [0.15, 0.2) is 0 Å². The molecule has 1 atom stereocenters. The van der Waals surface area contributed by atoms with E-state index in [2.05, 4.69) is 12.2 Å². The summed E-state index contributed by atoms with van der Waals surface area (Å²) >= 11 is 21.1. The number of hydrogen-bond acceptors (Lipinski definition) is 3. The Morgan fingerprint density at radius 3 is 2.41 bits per heavy atom. The molecule has 0 bridgehead atoms. The highest BCUT2D eigenvalue weighted by Gasteiger charge is 2.20. The number of hydrogen-bond donors (Lipinski definition) is 1. The van der Waals surface area contributed by atoms with Crippen LogP contribution in [-0.2, 0) is 0 Å². The summed E-state index contributed by atoms with van der Waals surface area (Å²) in [7, 11) is 0. The molecule has 1 nitrogen and oxygen atoms in total. The number of thiophene rings is 2. The maximum atomic E-state index is 6.20. The molecule has 0 aliphatic rings. The Labute approximate surface area is 123 Å². The third kappa shape index (κ3) is 3.16. The summed E-state index contributed by atoms with van der Waals surface area (Å²) in [6.45, 7) is 2.91. The predicted molar refractivity (Wildman–Crippen MR) is 79.2 cm³/mol. The second kappa shape index (κ2) is 5.91. The standard InChI is InChI=1S/C11H10Cl3NS2/c1-2-15-10(7-3-4-8(12)16-7)6-5-9(13)17-11(6)14/h3-5,10,15H,2H2,1H3. The van der Waals surface area contributed by atoms with E-state index in [0.717, 1.165) is 25.7 Å². The molecule has 17 heavy (non-hydrogen) atoms. The van der Waals surface area contributed by atoms with Gasteiger partial charge < -0.3 is 5.32 Å². The van der Waals surface area contributed by atoms with Crippen molar-refractivity contribution in [2.24, 2.45) is 0 Å². The minimum atomic E-state index is 0.0637. The fraction of sp³-hybridized carbons (Fsp3) is 0.273. The first-order valence-corrected chi connectivity index (χ1v) is 7.82. The first-order valence-electron chi connectivity index (χ1n) is 5.05. The zero-order valence-electron chi connectivity index (χ0n) is 8.97. The molecular weight excluding hydrogens is 317 g/mol. The summed E-state index contributed by atoms with van der Waals surface area (Å²) in [5.41, 5.74) is 1.02. The first-order chi connectivity index (χ1) is 8.11. The molecular formula is C11H10Cl3NS2. The van der Waals surface area contributed by atoms with Crippen molar-refractivity contribution in [3.63, 3.8) is 0 Å². The fourth-order valence-corrected chi connectivity index (χ4v) is 4.29. The Morgan fingerprint density at radius 2 is 1.94 bits per heavy atom. The highest BCUT2D eigenvalue weighted by molar-refractivity contribution is 7.20. The largest absolute Gasteiger partial charge is 0.306 e. The van der Waals surface area contributed by atoms with Crippen LogP contribution in [-0.4, -0.2) is 6.54 Å². The van der Waals surface area contributed by atoms with E-state index in [1.807, 2.05) is 18.2 Å². The van der Waals surface area contributed by atoms with E-state index in [0.29, 0.717) is 4.34 Å². The molecule has 6 heteroatoms. The summed E-state index contributed by atoms with van der Waals surface area (Å²) in [5, 5.41) is 3.40. The number of nitrogens with one attached hydrogen (secondary N) is 1.